The van der Waals surface area contributed by atoms with E-state index in [0.717, 1.165) is 55.6 Å². The van der Waals surface area contributed by atoms with Crippen LogP contribution in [0.15, 0.2) is 83.8 Å². The highest BCUT2D eigenvalue weighted by Crippen LogP contribution is 2.28. The molecular weight excluding hydrogens is 801 g/mol. The second kappa shape index (κ2) is 18.6. The van der Waals surface area contributed by atoms with Crippen molar-refractivity contribution >= 4 is 23.6 Å². The van der Waals surface area contributed by atoms with Gasteiger partial charge >= 0.3 is 0 Å². The highest BCUT2D eigenvalue weighted by Gasteiger charge is 2.38. The van der Waals surface area contributed by atoms with Crippen LogP contribution < -0.4 is 27.7 Å². The van der Waals surface area contributed by atoms with Gasteiger partial charge < -0.3 is 47.1 Å². The second-order valence-electron chi connectivity index (χ2n) is 16.8. The van der Waals surface area contributed by atoms with Gasteiger partial charge in [-0.15, -0.1) is 0 Å². The van der Waals surface area contributed by atoms with Crippen molar-refractivity contribution in [2.45, 2.75) is 104 Å². The van der Waals surface area contributed by atoms with E-state index in [-0.39, 0.29) is 75.0 Å². The number of aryl methyl sites for hydroxylation is 4. The summed E-state index contributed by atoms with van der Waals surface area (Å²) in [6, 6.07) is 18.0. The fraction of sp³-hybridized carbons (Fsp3) is 0.333. The number of aromatic amines is 1. The van der Waals surface area contributed by atoms with Gasteiger partial charge in [-0.1, -0.05) is 48.5 Å². The monoisotopic (exact) mass is 854 g/mol. The molecule has 5 aromatic rings. The Bertz CT molecular complexity index is 2600. The summed E-state index contributed by atoms with van der Waals surface area (Å²) < 4.78 is 0. The van der Waals surface area contributed by atoms with Crippen LogP contribution in [0.5, 0.6) is 11.5 Å². The molecule has 15 nitrogen and oxygen atoms in total. The Morgan fingerprint density at radius 3 is 1.49 bits per heavy atom. The number of fused-ring (bicyclic) bond motifs is 2. The molecule has 4 unspecified atom stereocenters. The zero-order valence-corrected chi connectivity index (χ0v) is 35.9. The molecule has 15 heteroatoms. The molecule has 3 heterocycles. The van der Waals surface area contributed by atoms with Crippen LogP contribution >= 0.6 is 0 Å². The van der Waals surface area contributed by atoms with Gasteiger partial charge in [-0.05, 0) is 120 Å². The number of nitrogens with zero attached hydrogens (tertiary/aromatic N) is 3. The molecule has 2 aliphatic heterocycles. The Morgan fingerprint density at radius 1 is 0.683 bits per heavy atom. The minimum Gasteiger partial charge on any atom is -0.508 e. The van der Waals surface area contributed by atoms with E-state index in [4.69, 9.17) is 11.5 Å². The molecule has 0 aliphatic carbocycles. The molecule has 4 aromatic carbocycles. The molecular formula is C48H54N8O7. The molecule has 328 valence electrons. The first-order valence-electron chi connectivity index (χ1n) is 21.0. The molecule has 0 fully saturated rings. The van der Waals surface area contributed by atoms with Gasteiger partial charge in [-0.2, -0.15) is 0 Å². The van der Waals surface area contributed by atoms with E-state index in [1.54, 1.807) is 24.3 Å². The number of H-pyrrole nitrogens is 1. The summed E-state index contributed by atoms with van der Waals surface area (Å²) in [6.07, 6.45) is 2.36. The van der Waals surface area contributed by atoms with Gasteiger partial charge in [0.05, 0.1) is 30.9 Å². The Kier molecular flexibility index (Phi) is 13.1. The highest BCUT2D eigenvalue weighted by molar-refractivity contribution is 5.91. The van der Waals surface area contributed by atoms with Gasteiger partial charge in [0, 0.05) is 32.1 Å². The molecule has 2 aliphatic rings. The fourth-order valence-electron chi connectivity index (χ4n) is 8.87. The van der Waals surface area contributed by atoms with Crippen molar-refractivity contribution in [1.29, 1.82) is 0 Å². The zero-order valence-electron chi connectivity index (χ0n) is 35.9. The quantitative estimate of drug-likeness (QED) is 0.0969. The number of nitrogens with two attached hydrogens (primary N) is 2. The van der Waals surface area contributed by atoms with E-state index in [1.807, 2.05) is 76.2 Å². The van der Waals surface area contributed by atoms with Crippen LogP contribution in [-0.4, -0.2) is 77.8 Å². The van der Waals surface area contributed by atoms with E-state index in [9.17, 15) is 34.2 Å². The van der Waals surface area contributed by atoms with Crippen molar-refractivity contribution in [2.75, 3.05) is 0 Å². The predicted molar refractivity (Wildman–Crippen MR) is 236 cm³/mol. The Labute approximate surface area is 365 Å². The van der Waals surface area contributed by atoms with E-state index < -0.39 is 47.4 Å². The number of rotatable bonds is 12. The van der Waals surface area contributed by atoms with Crippen LogP contribution in [0, 0.1) is 27.7 Å². The number of amides is 4. The van der Waals surface area contributed by atoms with Gasteiger partial charge in [0.2, 0.25) is 23.6 Å². The number of aromatic nitrogens is 2. The number of carbonyl (C=O) groups is 4. The van der Waals surface area contributed by atoms with Crippen LogP contribution in [0.3, 0.4) is 0 Å². The number of nitrogens with one attached hydrogen (secondary N) is 3. The summed E-state index contributed by atoms with van der Waals surface area (Å²) in [7, 11) is 0. The summed E-state index contributed by atoms with van der Waals surface area (Å²) in [5.74, 6) is -1.42. The molecule has 4 amide bonds. The number of carbonyl (C=O) groups excluding carboxylic acids is 4. The van der Waals surface area contributed by atoms with Crippen molar-refractivity contribution < 1.29 is 29.4 Å². The zero-order chi connectivity index (χ0) is 45.1. The van der Waals surface area contributed by atoms with E-state index >= 15 is 0 Å². The lowest BCUT2D eigenvalue weighted by atomic mass is 9.91. The predicted octanol–water partition coefficient (Wildman–Crippen LogP) is 2.69. The van der Waals surface area contributed by atoms with Crippen molar-refractivity contribution in [3.8, 4) is 11.5 Å². The summed E-state index contributed by atoms with van der Waals surface area (Å²) in [4.78, 5) is 78.9. The highest BCUT2D eigenvalue weighted by atomic mass is 16.3. The van der Waals surface area contributed by atoms with Crippen LogP contribution in [0.25, 0.3) is 0 Å². The smallest absolute Gasteiger partial charge is 0.271 e. The lowest BCUT2D eigenvalue weighted by Gasteiger charge is -2.37. The van der Waals surface area contributed by atoms with E-state index in [0.29, 0.717) is 5.69 Å². The third kappa shape index (κ3) is 9.79. The summed E-state index contributed by atoms with van der Waals surface area (Å²) >= 11 is 0. The third-order valence-electron chi connectivity index (χ3n) is 12.3. The maximum Gasteiger partial charge on any atom is 0.271 e. The van der Waals surface area contributed by atoms with E-state index in [1.165, 1.54) is 16.0 Å². The summed E-state index contributed by atoms with van der Waals surface area (Å²) in [5.41, 5.74) is 21.4. The van der Waals surface area contributed by atoms with Crippen LogP contribution in [0.1, 0.15) is 67.0 Å². The number of phenols is 2. The topological polar surface area (TPSA) is 237 Å². The van der Waals surface area contributed by atoms with E-state index in [2.05, 4.69) is 20.6 Å². The molecule has 0 saturated heterocycles. The largest absolute Gasteiger partial charge is 0.508 e. The SMILES string of the molecule is Cc1cc(O)cc(C)c1CC(N)C(=O)N1Cc2ccccc2CC1C(=O)NCc1cnc(CNC(=O)C2Cc3ccccc3CN2C(=O)C(N)Cc2c(C)cc(O)cc2C)c(=O)[nH]1. The molecule has 1 aromatic heterocycles. The lowest BCUT2D eigenvalue weighted by Crippen LogP contribution is -2.56. The maximum absolute atomic E-state index is 14.0. The Hall–Kier alpha value is -6.84. The van der Waals surface area contributed by atoms with Crippen molar-refractivity contribution in [3.63, 3.8) is 0 Å². The number of hydrogen-bond donors (Lipinski definition) is 7. The number of hydrogen-bond acceptors (Lipinski definition) is 10. The first-order chi connectivity index (χ1) is 30.1. The van der Waals surface area contributed by atoms with Gasteiger partial charge in [0.1, 0.15) is 29.3 Å². The van der Waals surface area contributed by atoms with Crippen LogP contribution in [-0.2, 0) is 71.0 Å². The second-order valence-corrected chi connectivity index (χ2v) is 16.8. The minimum absolute atomic E-state index is 0.0243. The van der Waals surface area contributed by atoms with Crippen LogP contribution in [0.4, 0.5) is 0 Å². The first-order valence-corrected chi connectivity index (χ1v) is 21.0. The standard InChI is InChI=1S/C48H54N8O7/c1-26-13-35(57)14-27(2)37(26)19-39(49)47(62)55-24-32-11-7-5-9-30(32)17-42(55)45(60)52-22-34-21-51-41(44(59)54-34)23-53-46(61)43-18-31-10-6-8-12-33(31)25-56(43)48(63)40(50)20-38-28(3)15-36(58)16-29(38)4/h5-16,21,39-40,42-43,57-58H,17-20,22-25,49-50H2,1-4H3,(H,52,60)(H,53,61)(H,54,59). The first kappa shape index (κ1) is 44.2. The molecule has 0 bridgehead atoms. The molecule has 4 atom stereocenters. The van der Waals surface area contributed by atoms with Gasteiger partial charge in [-0.25, -0.2) is 0 Å². The molecule has 0 spiro atoms. The van der Waals surface area contributed by atoms with Crippen molar-refractivity contribution in [3.05, 3.63) is 156 Å². The summed E-state index contributed by atoms with van der Waals surface area (Å²) in [6.45, 7) is 7.46. The number of phenolic OH excluding ortho intramolecular Hbond substituents is 2. The number of aromatic hydroxyl groups is 2. The van der Waals surface area contributed by atoms with Gasteiger partial charge in [-0.3, -0.25) is 29.0 Å². The maximum atomic E-state index is 14.0. The Morgan fingerprint density at radius 2 is 1.08 bits per heavy atom. The minimum atomic E-state index is -0.953. The average molecular weight is 855 g/mol. The van der Waals surface area contributed by atoms with Gasteiger partial charge in [0.25, 0.3) is 5.56 Å². The van der Waals surface area contributed by atoms with Crippen LogP contribution in [0.2, 0.25) is 0 Å². The molecule has 63 heavy (non-hydrogen) atoms. The fourth-order valence-corrected chi connectivity index (χ4v) is 8.87. The van der Waals surface area contributed by atoms with Crippen molar-refractivity contribution in [2.24, 2.45) is 11.5 Å². The van der Waals surface area contributed by atoms with Crippen molar-refractivity contribution in [1.82, 2.24) is 30.4 Å². The number of benzene rings is 4. The lowest BCUT2D eigenvalue weighted by molar-refractivity contribution is -0.143. The average Bonchev–Trinajstić information content (AvgIpc) is 3.25. The molecule has 0 radical (unpaired) electrons. The summed E-state index contributed by atoms with van der Waals surface area (Å²) in [5, 5.41) is 25.7. The normalized spacial score (nSPS) is 16.7. The molecule has 7 rings (SSSR count). The Balaban J connectivity index is 1.000. The molecule has 0 saturated carbocycles. The third-order valence-corrected chi connectivity index (χ3v) is 12.3. The molecule has 9 N–H and O–H groups in total. The van der Waals surface area contributed by atoms with Gasteiger partial charge in [0.15, 0.2) is 0 Å².